The van der Waals surface area contributed by atoms with Crippen LogP contribution in [0.5, 0.6) is 0 Å². The van der Waals surface area contributed by atoms with Crippen molar-refractivity contribution >= 4 is 19.8 Å². The second-order valence-electron chi connectivity index (χ2n) is 20.5. The molecule has 9 nitrogen and oxygen atoms in total. The molecule has 2 atom stereocenters. The smallest absolute Gasteiger partial charge is 0.462 e. The maximum absolute atomic E-state index is 12.7. The lowest BCUT2D eigenvalue weighted by atomic mass is 10.0. The molecule has 0 rings (SSSR count). The minimum Gasteiger partial charge on any atom is -0.462 e. The van der Waals surface area contributed by atoms with Crippen molar-refractivity contribution in [3.05, 3.63) is 182 Å². The number of hydrogen-bond donors (Lipinski definition) is 2. The Labute approximate surface area is 507 Å². The summed E-state index contributed by atoms with van der Waals surface area (Å²) in [5.41, 5.74) is 5.39. The van der Waals surface area contributed by atoms with E-state index in [1.54, 1.807) is 0 Å². The number of hydrogen-bond acceptors (Lipinski definition) is 8. The van der Waals surface area contributed by atoms with Crippen LogP contribution in [0.2, 0.25) is 0 Å². The molecular weight excluding hydrogens is 1050 g/mol. The highest BCUT2D eigenvalue weighted by Crippen LogP contribution is 2.43. The minimum atomic E-state index is -4.41. The Bertz CT molecular complexity index is 2010. The summed E-state index contributed by atoms with van der Waals surface area (Å²) in [6, 6.07) is 0. The molecule has 10 heteroatoms. The fraction of sp³-hybridized carbons (Fsp3) is 0.562. The lowest BCUT2D eigenvalue weighted by molar-refractivity contribution is -0.161. The second-order valence-corrected chi connectivity index (χ2v) is 22.0. The van der Waals surface area contributed by atoms with Crippen LogP contribution in [0.4, 0.5) is 0 Å². The number of unbranched alkanes of at least 4 members (excludes halogenated alkanes) is 15. The largest absolute Gasteiger partial charge is 0.472 e. The van der Waals surface area contributed by atoms with Crippen molar-refractivity contribution < 1.29 is 37.6 Å². The third kappa shape index (κ3) is 66.1. The molecule has 2 unspecified atom stereocenters. The van der Waals surface area contributed by atoms with Gasteiger partial charge in [-0.25, -0.2) is 4.57 Å². The van der Waals surface area contributed by atoms with E-state index in [9.17, 15) is 19.0 Å². The number of phosphoric acid groups is 1. The number of carbonyl (C=O) groups is 2. The third-order valence-electron chi connectivity index (χ3n) is 12.8. The van der Waals surface area contributed by atoms with Crippen molar-refractivity contribution in [2.24, 2.45) is 5.73 Å². The molecule has 0 saturated heterocycles. The molecule has 0 amide bonds. The van der Waals surface area contributed by atoms with Gasteiger partial charge in [-0.2, -0.15) is 0 Å². The van der Waals surface area contributed by atoms with Gasteiger partial charge in [0.15, 0.2) is 6.10 Å². The van der Waals surface area contributed by atoms with E-state index in [0.717, 1.165) is 148 Å². The molecule has 0 bridgehead atoms. The van der Waals surface area contributed by atoms with Gasteiger partial charge in [0.05, 0.1) is 13.2 Å². The van der Waals surface area contributed by atoms with Crippen molar-refractivity contribution in [1.82, 2.24) is 0 Å². The van der Waals surface area contributed by atoms with Crippen molar-refractivity contribution in [2.75, 3.05) is 26.4 Å². The third-order valence-corrected chi connectivity index (χ3v) is 13.8. The van der Waals surface area contributed by atoms with Crippen LogP contribution in [0.1, 0.15) is 232 Å². The van der Waals surface area contributed by atoms with Gasteiger partial charge in [0.1, 0.15) is 6.61 Å². The molecular formula is C73H116NO8P. The van der Waals surface area contributed by atoms with E-state index in [-0.39, 0.29) is 32.6 Å². The van der Waals surface area contributed by atoms with Crippen molar-refractivity contribution in [1.29, 1.82) is 0 Å². The van der Waals surface area contributed by atoms with Gasteiger partial charge in [0.25, 0.3) is 0 Å². The van der Waals surface area contributed by atoms with Crippen molar-refractivity contribution in [3.63, 3.8) is 0 Å². The molecule has 466 valence electrons. The van der Waals surface area contributed by atoms with E-state index in [2.05, 4.69) is 196 Å². The first-order chi connectivity index (χ1) is 40.8. The zero-order valence-corrected chi connectivity index (χ0v) is 53.0. The van der Waals surface area contributed by atoms with Gasteiger partial charge in [-0.05, 0) is 135 Å². The lowest BCUT2D eigenvalue weighted by Gasteiger charge is -2.19. The fourth-order valence-electron chi connectivity index (χ4n) is 8.10. The SMILES string of the molecule is CC/C=C\C/C=C\C/C=C\C/C=C\C/C=C\C/C=C\C/C=C\C/C=C\C/C=C\CCCCCCCCCCCCCC(=O)OC(COC(=O)CCCCCC/C=C\C/C=C\C/C=C\C/C=C\C/C=C\C/C=C\CC)COP(=O)(O)OCCN. The number of ether oxygens (including phenoxy) is 2. The molecule has 0 radical (unpaired) electrons. The van der Waals surface area contributed by atoms with Crippen LogP contribution in [-0.4, -0.2) is 49.3 Å². The molecule has 0 aliphatic rings. The summed E-state index contributed by atoms with van der Waals surface area (Å²) in [5.74, 6) is -0.873. The highest BCUT2D eigenvalue weighted by Gasteiger charge is 2.26. The van der Waals surface area contributed by atoms with E-state index in [4.69, 9.17) is 24.3 Å². The van der Waals surface area contributed by atoms with Gasteiger partial charge >= 0.3 is 19.8 Å². The van der Waals surface area contributed by atoms with Crippen LogP contribution >= 0.6 is 7.82 Å². The summed E-state index contributed by atoms with van der Waals surface area (Å²) in [6.07, 6.45) is 99.6. The molecule has 83 heavy (non-hydrogen) atoms. The molecule has 0 aromatic heterocycles. The molecule has 0 aliphatic carbocycles. The predicted octanol–water partition coefficient (Wildman–Crippen LogP) is 21.2. The quantitative estimate of drug-likeness (QED) is 0.0264. The summed E-state index contributed by atoms with van der Waals surface area (Å²) in [4.78, 5) is 35.3. The Kier molecular flexibility index (Phi) is 62.3. The van der Waals surface area contributed by atoms with E-state index < -0.39 is 32.5 Å². The Hall–Kier alpha value is -4.89. The normalized spacial score (nSPS) is 14.2. The highest BCUT2D eigenvalue weighted by atomic mass is 31.2. The summed E-state index contributed by atoms with van der Waals surface area (Å²) >= 11 is 0. The maximum atomic E-state index is 12.7. The van der Waals surface area contributed by atoms with Gasteiger partial charge in [-0.15, -0.1) is 0 Å². The van der Waals surface area contributed by atoms with Crippen LogP contribution in [0.25, 0.3) is 0 Å². The number of carbonyl (C=O) groups excluding carboxylic acids is 2. The van der Waals surface area contributed by atoms with Gasteiger partial charge in [-0.3, -0.25) is 18.6 Å². The van der Waals surface area contributed by atoms with Crippen molar-refractivity contribution in [3.8, 4) is 0 Å². The van der Waals surface area contributed by atoms with Gasteiger partial charge in [-0.1, -0.05) is 267 Å². The number of rotatable bonds is 58. The molecule has 0 saturated carbocycles. The van der Waals surface area contributed by atoms with Crippen LogP contribution in [0.3, 0.4) is 0 Å². The predicted molar refractivity (Wildman–Crippen MR) is 357 cm³/mol. The zero-order valence-electron chi connectivity index (χ0n) is 52.1. The van der Waals surface area contributed by atoms with Gasteiger partial charge < -0.3 is 20.1 Å². The summed E-state index contributed by atoms with van der Waals surface area (Å²) in [7, 11) is -4.41. The minimum absolute atomic E-state index is 0.0395. The second kappa shape index (κ2) is 66.3. The topological polar surface area (TPSA) is 134 Å². The van der Waals surface area contributed by atoms with Crippen LogP contribution < -0.4 is 5.73 Å². The standard InChI is InChI=1S/C73H116NO8P/c1-3-5-7-9-11-13-15-17-19-21-23-25-27-28-29-30-31-32-33-34-35-36-37-38-39-40-41-42-44-46-48-50-52-54-56-58-60-62-64-66-73(76)82-71(70-81-83(77,78)80-68-67-74)69-79-72(75)65-63-61-59-57-55-53-51-49-47-45-43-26-24-22-20-18-16-14-12-10-8-6-4-2/h5-8,11-14,17-20,23-26,28-29,31-32,34-35,37-38,40-41,45,47,51,53,71H,3-4,9-10,15-16,21-22,27,30,33,36,39,42-44,46,48-50,52,54-70,74H2,1-2H3,(H,77,78)/b7-5-,8-6-,13-11-,14-12-,19-17-,20-18-,25-23-,26-24-,29-28-,32-31-,35-34-,38-37-,41-40-,47-45-,53-51-. The molecule has 0 spiro atoms. The summed E-state index contributed by atoms with van der Waals surface area (Å²) in [6.45, 7) is 3.46. The number of esters is 2. The van der Waals surface area contributed by atoms with E-state index in [0.29, 0.717) is 12.8 Å². The number of nitrogens with two attached hydrogens (primary N) is 1. The van der Waals surface area contributed by atoms with E-state index in [1.807, 2.05) is 0 Å². The molecule has 0 aromatic carbocycles. The average Bonchev–Trinajstić information content (AvgIpc) is 3.48. The van der Waals surface area contributed by atoms with Crippen LogP contribution in [-0.2, 0) is 32.7 Å². The van der Waals surface area contributed by atoms with Crippen LogP contribution in [0.15, 0.2) is 182 Å². The molecule has 0 aliphatic heterocycles. The number of allylic oxidation sites excluding steroid dienone is 30. The zero-order chi connectivity index (χ0) is 60.1. The monoisotopic (exact) mass is 1170 g/mol. The Morgan fingerprint density at radius 3 is 0.928 bits per heavy atom. The molecule has 3 N–H and O–H groups in total. The lowest BCUT2D eigenvalue weighted by Crippen LogP contribution is -2.29. The Morgan fingerprint density at radius 1 is 0.361 bits per heavy atom. The number of phosphoric ester groups is 1. The van der Waals surface area contributed by atoms with Crippen LogP contribution in [0, 0.1) is 0 Å². The first-order valence-electron chi connectivity index (χ1n) is 32.3. The first-order valence-corrected chi connectivity index (χ1v) is 33.8. The average molecular weight is 1170 g/mol. The van der Waals surface area contributed by atoms with E-state index >= 15 is 0 Å². The summed E-state index contributed by atoms with van der Waals surface area (Å²) in [5, 5.41) is 0. The first kappa shape index (κ1) is 78.1. The Balaban J connectivity index is 4.02. The highest BCUT2D eigenvalue weighted by molar-refractivity contribution is 7.47. The van der Waals surface area contributed by atoms with Gasteiger partial charge in [0.2, 0.25) is 0 Å². The summed E-state index contributed by atoms with van der Waals surface area (Å²) < 4.78 is 33.1. The molecule has 0 heterocycles. The fourth-order valence-corrected chi connectivity index (χ4v) is 8.87. The van der Waals surface area contributed by atoms with Gasteiger partial charge in [0, 0.05) is 19.4 Å². The van der Waals surface area contributed by atoms with Crippen molar-refractivity contribution in [2.45, 2.75) is 238 Å². The Morgan fingerprint density at radius 2 is 0.627 bits per heavy atom. The molecule has 0 aromatic rings. The molecule has 0 fully saturated rings. The van der Waals surface area contributed by atoms with E-state index in [1.165, 1.54) is 44.9 Å². The maximum Gasteiger partial charge on any atom is 0.472 e.